The maximum atomic E-state index is 12.0. The van der Waals surface area contributed by atoms with Gasteiger partial charge in [-0.25, -0.2) is 8.42 Å². The van der Waals surface area contributed by atoms with Crippen LogP contribution in [0.4, 0.5) is 0 Å². The van der Waals surface area contributed by atoms with Crippen LogP contribution in [0.5, 0.6) is 0 Å². The van der Waals surface area contributed by atoms with Crippen molar-refractivity contribution < 1.29 is 13.2 Å². The van der Waals surface area contributed by atoms with Gasteiger partial charge in [-0.2, -0.15) is 0 Å². The average Bonchev–Trinajstić information content (AvgIpc) is 2.26. The molecule has 7 heteroatoms. The van der Waals surface area contributed by atoms with Gasteiger partial charge >= 0.3 is 0 Å². The van der Waals surface area contributed by atoms with Crippen LogP contribution in [0.2, 0.25) is 0 Å². The van der Waals surface area contributed by atoms with Crippen molar-refractivity contribution in [3.05, 3.63) is 0 Å². The Labute approximate surface area is 122 Å². The Hall–Kier alpha value is -0.330. The number of rotatable bonds is 5. The standard InChI is InChI=1S/C12H24N2O3S.ClH/c1-12(2,6-8-18(3,16)17)14-11(15)10-5-4-7-13-9-10;/h10,13H,4-9H2,1-3H3,(H,14,15);1H. The SMILES string of the molecule is CC(C)(CCS(C)(=O)=O)NC(=O)C1CCCNC1.Cl. The molecule has 0 spiro atoms. The number of sulfone groups is 1. The monoisotopic (exact) mass is 312 g/mol. The molecule has 1 amide bonds. The molecule has 1 aliphatic heterocycles. The highest BCUT2D eigenvalue weighted by Gasteiger charge is 2.27. The van der Waals surface area contributed by atoms with Crippen molar-refractivity contribution >= 4 is 28.2 Å². The summed E-state index contributed by atoms with van der Waals surface area (Å²) in [5, 5.41) is 6.16. The number of amides is 1. The molecular formula is C12H25ClN2O3S. The Balaban J connectivity index is 0.00000324. The van der Waals surface area contributed by atoms with E-state index in [0.717, 1.165) is 19.4 Å². The minimum absolute atomic E-state index is 0. The molecule has 5 nitrogen and oxygen atoms in total. The Morgan fingerprint density at radius 1 is 1.42 bits per heavy atom. The molecule has 114 valence electrons. The van der Waals surface area contributed by atoms with Crippen LogP contribution < -0.4 is 10.6 Å². The molecule has 2 N–H and O–H groups in total. The number of nitrogens with one attached hydrogen (secondary N) is 2. The molecular weight excluding hydrogens is 288 g/mol. The van der Waals surface area contributed by atoms with Crippen LogP contribution in [0.25, 0.3) is 0 Å². The van der Waals surface area contributed by atoms with E-state index in [9.17, 15) is 13.2 Å². The zero-order valence-corrected chi connectivity index (χ0v) is 13.5. The summed E-state index contributed by atoms with van der Waals surface area (Å²) in [4.78, 5) is 12.0. The molecule has 0 radical (unpaired) electrons. The summed E-state index contributed by atoms with van der Waals surface area (Å²) in [6, 6.07) is 0. The quantitative estimate of drug-likeness (QED) is 0.785. The molecule has 1 fully saturated rings. The molecule has 0 aromatic carbocycles. The minimum atomic E-state index is -2.98. The number of piperidine rings is 1. The van der Waals surface area contributed by atoms with Crippen LogP contribution in [0.3, 0.4) is 0 Å². The highest BCUT2D eigenvalue weighted by molar-refractivity contribution is 7.90. The van der Waals surface area contributed by atoms with E-state index in [1.807, 2.05) is 13.8 Å². The smallest absolute Gasteiger partial charge is 0.224 e. The van der Waals surface area contributed by atoms with Gasteiger partial charge in [-0.15, -0.1) is 12.4 Å². The lowest BCUT2D eigenvalue weighted by atomic mass is 9.95. The summed E-state index contributed by atoms with van der Waals surface area (Å²) in [6.07, 6.45) is 3.58. The third-order valence-electron chi connectivity index (χ3n) is 3.23. The highest BCUT2D eigenvalue weighted by atomic mass is 35.5. The van der Waals surface area contributed by atoms with Crippen molar-refractivity contribution in [1.82, 2.24) is 10.6 Å². The molecule has 19 heavy (non-hydrogen) atoms. The zero-order valence-electron chi connectivity index (χ0n) is 11.9. The maximum absolute atomic E-state index is 12.0. The van der Waals surface area contributed by atoms with E-state index in [4.69, 9.17) is 0 Å². The number of carbonyl (C=O) groups excluding carboxylic acids is 1. The molecule has 0 aliphatic carbocycles. The summed E-state index contributed by atoms with van der Waals surface area (Å²) in [5.41, 5.74) is -0.475. The van der Waals surface area contributed by atoms with Crippen molar-refractivity contribution in [1.29, 1.82) is 0 Å². The number of hydrogen-bond donors (Lipinski definition) is 2. The normalized spacial score (nSPS) is 20.5. The average molecular weight is 313 g/mol. The van der Waals surface area contributed by atoms with Crippen LogP contribution in [0.15, 0.2) is 0 Å². The van der Waals surface area contributed by atoms with Crippen LogP contribution in [0.1, 0.15) is 33.1 Å². The van der Waals surface area contributed by atoms with Gasteiger partial charge in [0.05, 0.1) is 11.7 Å². The Bertz CT molecular complexity index is 390. The van der Waals surface area contributed by atoms with Gasteiger partial charge in [-0.1, -0.05) is 0 Å². The number of carbonyl (C=O) groups is 1. The molecule has 0 bridgehead atoms. The van der Waals surface area contributed by atoms with Crippen molar-refractivity contribution in [3.8, 4) is 0 Å². The van der Waals surface area contributed by atoms with E-state index in [1.54, 1.807) is 0 Å². The van der Waals surface area contributed by atoms with Crippen LogP contribution in [-0.2, 0) is 14.6 Å². The fraction of sp³-hybridized carbons (Fsp3) is 0.917. The summed E-state index contributed by atoms with van der Waals surface area (Å²) >= 11 is 0. The summed E-state index contributed by atoms with van der Waals surface area (Å²) in [5.74, 6) is 0.139. The van der Waals surface area contributed by atoms with Gasteiger partial charge in [0, 0.05) is 18.3 Å². The Kier molecular flexibility index (Phi) is 7.32. The summed E-state index contributed by atoms with van der Waals surface area (Å²) in [7, 11) is -2.98. The van der Waals surface area contributed by atoms with Gasteiger partial charge in [0.25, 0.3) is 0 Å². The predicted molar refractivity (Wildman–Crippen MR) is 79.4 cm³/mol. The molecule has 1 unspecified atom stereocenters. The van der Waals surface area contributed by atoms with E-state index >= 15 is 0 Å². The molecule has 1 atom stereocenters. The third kappa shape index (κ3) is 7.74. The molecule has 1 aliphatic rings. The van der Waals surface area contributed by atoms with Gasteiger partial charge in [-0.05, 0) is 39.7 Å². The van der Waals surface area contributed by atoms with Gasteiger partial charge in [0.1, 0.15) is 9.84 Å². The molecule has 1 saturated heterocycles. The summed E-state index contributed by atoms with van der Waals surface area (Å²) < 4.78 is 22.3. The van der Waals surface area contributed by atoms with Crippen LogP contribution in [-0.4, -0.2) is 45.0 Å². The lowest BCUT2D eigenvalue weighted by Crippen LogP contribution is -2.49. The Morgan fingerprint density at radius 2 is 2.05 bits per heavy atom. The van der Waals surface area contributed by atoms with E-state index in [1.165, 1.54) is 6.26 Å². The lowest BCUT2D eigenvalue weighted by molar-refractivity contribution is -0.127. The van der Waals surface area contributed by atoms with Gasteiger partial charge in [0.15, 0.2) is 0 Å². The minimum Gasteiger partial charge on any atom is -0.351 e. The van der Waals surface area contributed by atoms with Crippen molar-refractivity contribution in [2.45, 2.75) is 38.6 Å². The maximum Gasteiger partial charge on any atom is 0.224 e. The van der Waals surface area contributed by atoms with Crippen LogP contribution >= 0.6 is 12.4 Å². The van der Waals surface area contributed by atoms with Gasteiger partial charge in [0.2, 0.25) is 5.91 Å². The molecule has 0 aromatic heterocycles. The van der Waals surface area contributed by atoms with Crippen molar-refractivity contribution in [2.24, 2.45) is 5.92 Å². The zero-order chi connectivity index (χ0) is 13.8. The molecule has 0 aromatic rings. The van der Waals surface area contributed by atoms with Crippen molar-refractivity contribution in [2.75, 3.05) is 25.1 Å². The topological polar surface area (TPSA) is 75.3 Å². The van der Waals surface area contributed by atoms with E-state index in [-0.39, 0.29) is 30.0 Å². The molecule has 1 heterocycles. The fourth-order valence-corrected chi connectivity index (χ4v) is 2.90. The van der Waals surface area contributed by atoms with E-state index in [2.05, 4.69) is 10.6 Å². The Morgan fingerprint density at radius 3 is 2.53 bits per heavy atom. The predicted octanol–water partition coefficient (Wildman–Crippen LogP) is 0.737. The first-order valence-electron chi connectivity index (χ1n) is 6.40. The second kappa shape index (κ2) is 7.45. The van der Waals surface area contributed by atoms with E-state index < -0.39 is 15.4 Å². The van der Waals surface area contributed by atoms with Crippen LogP contribution in [0, 0.1) is 5.92 Å². The molecule has 1 rings (SSSR count). The number of halogens is 1. The second-order valence-corrected chi connectivity index (χ2v) is 8.06. The lowest BCUT2D eigenvalue weighted by Gasteiger charge is -2.30. The van der Waals surface area contributed by atoms with Crippen molar-refractivity contribution in [3.63, 3.8) is 0 Å². The number of hydrogen-bond acceptors (Lipinski definition) is 4. The van der Waals surface area contributed by atoms with E-state index in [0.29, 0.717) is 13.0 Å². The first-order valence-corrected chi connectivity index (χ1v) is 8.46. The fourth-order valence-electron chi connectivity index (χ4n) is 2.01. The third-order valence-corrected chi connectivity index (χ3v) is 4.17. The largest absolute Gasteiger partial charge is 0.351 e. The van der Waals surface area contributed by atoms with Gasteiger partial charge in [-0.3, -0.25) is 4.79 Å². The highest BCUT2D eigenvalue weighted by Crippen LogP contribution is 2.15. The first kappa shape index (κ1) is 18.7. The second-order valence-electron chi connectivity index (χ2n) is 5.80. The molecule has 0 saturated carbocycles. The first-order chi connectivity index (χ1) is 8.20. The van der Waals surface area contributed by atoms with Gasteiger partial charge < -0.3 is 10.6 Å². The summed E-state index contributed by atoms with van der Waals surface area (Å²) in [6.45, 7) is 5.42.